The van der Waals surface area contributed by atoms with E-state index in [1.807, 2.05) is 47.4 Å². The van der Waals surface area contributed by atoms with Gasteiger partial charge in [0.1, 0.15) is 5.75 Å². The van der Waals surface area contributed by atoms with Crippen molar-refractivity contribution in [3.63, 3.8) is 0 Å². The fourth-order valence-corrected chi connectivity index (χ4v) is 2.99. The van der Waals surface area contributed by atoms with Crippen molar-refractivity contribution in [2.24, 2.45) is 0 Å². The highest BCUT2D eigenvalue weighted by atomic mass is 16.5. The van der Waals surface area contributed by atoms with E-state index in [1.54, 1.807) is 7.11 Å². The largest absolute Gasteiger partial charge is 0.497 e. The maximum absolute atomic E-state index is 12.4. The second-order valence-corrected chi connectivity index (χ2v) is 5.99. The highest BCUT2D eigenvalue weighted by molar-refractivity contribution is 5.89. The molecule has 2 amide bonds. The highest BCUT2D eigenvalue weighted by Gasteiger charge is 2.29. The molecule has 1 atom stereocenters. The van der Waals surface area contributed by atoms with Crippen LogP contribution in [0, 0.1) is 0 Å². The standard InChI is InChI=1S/C19H23N3O2/c1-21(16-6-4-3-5-7-16)17-12-13-22(14-17)19(23)20-15-8-10-18(24-2)11-9-15/h3-11,17H,12-14H2,1-2H3,(H,20,23). The first-order valence-corrected chi connectivity index (χ1v) is 8.15. The van der Waals surface area contributed by atoms with E-state index in [-0.39, 0.29) is 6.03 Å². The summed E-state index contributed by atoms with van der Waals surface area (Å²) in [5, 5.41) is 2.95. The topological polar surface area (TPSA) is 44.8 Å². The summed E-state index contributed by atoms with van der Waals surface area (Å²) in [5.41, 5.74) is 1.96. The number of ether oxygens (including phenoxy) is 1. The maximum Gasteiger partial charge on any atom is 0.321 e. The first-order chi connectivity index (χ1) is 11.7. The Labute approximate surface area is 142 Å². The summed E-state index contributed by atoms with van der Waals surface area (Å²) < 4.78 is 5.13. The molecular formula is C19H23N3O2. The summed E-state index contributed by atoms with van der Waals surface area (Å²) in [4.78, 5) is 16.6. The minimum absolute atomic E-state index is 0.0517. The highest BCUT2D eigenvalue weighted by Crippen LogP contribution is 2.22. The van der Waals surface area contributed by atoms with Gasteiger partial charge in [0.05, 0.1) is 7.11 Å². The van der Waals surface area contributed by atoms with Crippen molar-refractivity contribution in [1.82, 2.24) is 4.90 Å². The van der Waals surface area contributed by atoms with E-state index in [0.717, 1.165) is 30.9 Å². The number of likely N-dealkylation sites (tertiary alicyclic amines) is 1. The maximum atomic E-state index is 12.4. The van der Waals surface area contributed by atoms with Gasteiger partial charge in [0.15, 0.2) is 0 Å². The Balaban J connectivity index is 1.57. The third-order valence-corrected chi connectivity index (χ3v) is 4.50. The average Bonchev–Trinajstić information content (AvgIpc) is 3.13. The number of benzene rings is 2. The number of amides is 2. The van der Waals surface area contributed by atoms with Crippen molar-refractivity contribution in [3.8, 4) is 5.75 Å². The summed E-state index contributed by atoms with van der Waals surface area (Å²) in [5.74, 6) is 0.777. The van der Waals surface area contributed by atoms with Crippen molar-refractivity contribution in [2.45, 2.75) is 12.5 Å². The van der Waals surface area contributed by atoms with Crippen LogP contribution in [0.5, 0.6) is 5.75 Å². The molecule has 0 saturated carbocycles. The monoisotopic (exact) mass is 325 g/mol. The van der Waals surface area contributed by atoms with Crippen LogP contribution in [0.1, 0.15) is 6.42 Å². The molecule has 2 aromatic carbocycles. The molecule has 24 heavy (non-hydrogen) atoms. The quantitative estimate of drug-likeness (QED) is 0.936. The molecule has 1 aliphatic rings. The van der Waals surface area contributed by atoms with Crippen LogP contribution >= 0.6 is 0 Å². The molecule has 1 unspecified atom stereocenters. The summed E-state index contributed by atoms with van der Waals surface area (Å²) in [6.07, 6.45) is 0.974. The Kier molecular flexibility index (Phi) is 4.89. The number of nitrogens with zero attached hydrogens (tertiary/aromatic N) is 2. The van der Waals surface area contributed by atoms with Crippen LogP contribution in [-0.2, 0) is 0 Å². The molecule has 1 aliphatic heterocycles. The van der Waals surface area contributed by atoms with Crippen LogP contribution < -0.4 is 15.0 Å². The Morgan fingerprint density at radius 3 is 2.54 bits per heavy atom. The number of rotatable bonds is 4. The van der Waals surface area contributed by atoms with Crippen molar-refractivity contribution in [3.05, 3.63) is 54.6 Å². The molecule has 0 aliphatic carbocycles. The van der Waals surface area contributed by atoms with E-state index in [9.17, 15) is 4.79 Å². The molecule has 1 N–H and O–H groups in total. The third kappa shape index (κ3) is 3.62. The first-order valence-electron chi connectivity index (χ1n) is 8.15. The lowest BCUT2D eigenvalue weighted by Gasteiger charge is -2.27. The number of carbonyl (C=O) groups excluding carboxylic acids is 1. The number of urea groups is 1. The number of methoxy groups -OCH3 is 1. The van der Waals surface area contributed by atoms with Crippen LogP contribution in [0.2, 0.25) is 0 Å². The first kappa shape index (κ1) is 16.2. The normalized spacial score (nSPS) is 16.8. The van der Waals surface area contributed by atoms with Gasteiger partial charge < -0.3 is 19.9 Å². The van der Waals surface area contributed by atoms with E-state index < -0.39 is 0 Å². The minimum atomic E-state index is -0.0517. The number of anilines is 2. The lowest BCUT2D eigenvalue weighted by Crippen LogP contribution is -2.38. The average molecular weight is 325 g/mol. The fourth-order valence-electron chi connectivity index (χ4n) is 2.99. The molecule has 3 rings (SSSR count). The summed E-state index contributed by atoms with van der Waals surface area (Å²) >= 11 is 0. The van der Waals surface area contributed by atoms with Crippen LogP contribution in [0.3, 0.4) is 0 Å². The van der Waals surface area contributed by atoms with Gasteiger partial charge in [-0.3, -0.25) is 0 Å². The molecule has 0 bridgehead atoms. The molecule has 5 heteroatoms. The Hall–Kier alpha value is -2.69. The zero-order valence-corrected chi connectivity index (χ0v) is 14.1. The second kappa shape index (κ2) is 7.25. The Bertz CT molecular complexity index is 673. The van der Waals surface area contributed by atoms with Gasteiger partial charge in [-0.2, -0.15) is 0 Å². The van der Waals surface area contributed by atoms with E-state index in [0.29, 0.717) is 6.04 Å². The van der Waals surface area contributed by atoms with E-state index in [4.69, 9.17) is 4.74 Å². The Morgan fingerprint density at radius 1 is 1.17 bits per heavy atom. The predicted molar refractivity (Wildman–Crippen MR) is 96.8 cm³/mol. The van der Waals surface area contributed by atoms with Crippen molar-refractivity contribution in [1.29, 1.82) is 0 Å². The SMILES string of the molecule is COc1ccc(NC(=O)N2CCC(N(C)c3ccccc3)C2)cc1. The third-order valence-electron chi connectivity index (χ3n) is 4.50. The van der Waals surface area contributed by atoms with Crippen molar-refractivity contribution in [2.75, 3.05) is 37.5 Å². The number of likely N-dealkylation sites (N-methyl/N-ethyl adjacent to an activating group) is 1. The lowest BCUT2D eigenvalue weighted by molar-refractivity contribution is 0.222. The number of nitrogens with one attached hydrogen (secondary N) is 1. The molecule has 0 aromatic heterocycles. The summed E-state index contributed by atoms with van der Waals surface area (Å²) in [7, 11) is 3.71. The molecule has 2 aromatic rings. The van der Waals surface area contributed by atoms with Gasteiger partial charge in [0.25, 0.3) is 0 Å². The second-order valence-electron chi connectivity index (χ2n) is 5.99. The molecule has 0 radical (unpaired) electrons. The molecule has 1 fully saturated rings. The summed E-state index contributed by atoms with van der Waals surface area (Å²) in [6.45, 7) is 1.50. The van der Waals surface area contributed by atoms with Crippen molar-refractivity contribution >= 4 is 17.4 Å². The molecule has 1 saturated heterocycles. The number of hydrogen-bond acceptors (Lipinski definition) is 3. The summed E-state index contributed by atoms with van der Waals surface area (Å²) in [6, 6.07) is 17.9. The van der Waals surface area contributed by atoms with E-state index >= 15 is 0 Å². The van der Waals surface area contributed by atoms with Gasteiger partial charge in [0.2, 0.25) is 0 Å². The molecular weight excluding hydrogens is 302 g/mol. The molecule has 5 nitrogen and oxygen atoms in total. The number of carbonyl (C=O) groups is 1. The van der Waals surface area contributed by atoms with Gasteiger partial charge in [-0.15, -0.1) is 0 Å². The van der Waals surface area contributed by atoms with Crippen LogP contribution in [-0.4, -0.2) is 44.2 Å². The number of para-hydroxylation sites is 1. The van der Waals surface area contributed by atoms with Gasteiger partial charge in [-0.05, 0) is 42.8 Å². The lowest BCUT2D eigenvalue weighted by atomic mass is 10.2. The molecule has 0 spiro atoms. The zero-order chi connectivity index (χ0) is 16.9. The smallest absolute Gasteiger partial charge is 0.321 e. The number of hydrogen-bond donors (Lipinski definition) is 1. The van der Waals surface area contributed by atoms with Gasteiger partial charge >= 0.3 is 6.03 Å². The molecule has 126 valence electrons. The van der Waals surface area contributed by atoms with Crippen LogP contribution in [0.25, 0.3) is 0 Å². The van der Waals surface area contributed by atoms with Gasteiger partial charge in [-0.1, -0.05) is 18.2 Å². The van der Waals surface area contributed by atoms with Gasteiger partial charge in [0, 0.05) is 37.6 Å². The molecule has 1 heterocycles. The van der Waals surface area contributed by atoms with E-state index in [2.05, 4.69) is 29.4 Å². The van der Waals surface area contributed by atoms with Crippen LogP contribution in [0.15, 0.2) is 54.6 Å². The predicted octanol–water partition coefficient (Wildman–Crippen LogP) is 3.44. The Morgan fingerprint density at radius 2 is 1.88 bits per heavy atom. The van der Waals surface area contributed by atoms with E-state index in [1.165, 1.54) is 5.69 Å². The minimum Gasteiger partial charge on any atom is -0.497 e. The van der Waals surface area contributed by atoms with Crippen molar-refractivity contribution < 1.29 is 9.53 Å². The zero-order valence-electron chi connectivity index (χ0n) is 14.1. The van der Waals surface area contributed by atoms with Gasteiger partial charge in [-0.25, -0.2) is 4.79 Å². The van der Waals surface area contributed by atoms with Crippen LogP contribution in [0.4, 0.5) is 16.2 Å². The fraction of sp³-hybridized carbons (Fsp3) is 0.316.